The van der Waals surface area contributed by atoms with Crippen LogP contribution < -0.4 is 0 Å². The zero-order valence-corrected chi connectivity index (χ0v) is 19.2. The summed E-state index contributed by atoms with van der Waals surface area (Å²) >= 11 is 0. The molecule has 0 radical (unpaired) electrons. The molecule has 0 aliphatic carbocycles. The molecule has 2 aliphatic rings. The first-order valence-corrected chi connectivity index (χ1v) is 11.6. The number of carbonyl (C=O) groups is 1. The minimum atomic E-state index is -0.455. The second-order valence-electron chi connectivity index (χ2n) is 8.57. The van der Waals surface area contributed by atoms with Crippen molar-refractivity contribution in [2.24, 2.45) is 0 Å². The van der Waals surface area contributed by atoms with E-state index in [2.05, 4.69) is 11.7 Å². The Morgan fingerprint density at radius 2 is 1.39 bits per heavy atom. The van der Waals surface area contributed by atoms with Crippen molar-refractivity contribution in [2.75, 3.05) is 7.11 Å². The van der Waals surface area contributed by atoms with Gasteiger partial charge < -0.3 is 23.7 Å². The number of benzene rings is 2. The fourth-order valence-electron chi connectivity index (χ4n) is 4.35. The Morgan fingerprint density at radius 3 is 2.00 bits per heavy atom. The maximum absolute atomic E-state index is 11.4. The van der Waals surface area contributed by atoms with Crippen LogP contribution in [-0.2, 0) is 28.5 Å². The van der Waals surface area contributed by atoms with Crippen molar-refractivity contribution in [3.63, 3.8) is 0 Å². The van der Waals surface area contributed by atoms with Crippen molar-refractivity contribution in [1.82, 2.24) is 0 Å². The Morgan fingerprint density at radius 1 is 0.848 bits per heavy atom. The molecule has 176 valence electrons. The summed E-state index contributed by atoms with van der Waals surface area (Å²) < 4.78 is 29.7. The fourth-order valence-corrected chi connectivity index (χ4v) is 4.35. The molecule has 6 heteroatoms. The third kappa shape index (κ3) is 6.74. The van der Waals surface area contributed by atoms with Crippen molar-refractivity contribution in [2.45, 2.75) is 69.6 Å². The molecule has 0 N–H and O–H groups in total. The first-order valence-electron chi connectivity index (χ1n) is 11.6. The quantitative estimate of drug-likeness (QED) is 0.422. The van der Waals surface area contributed by atoms with Gasteiger partial charge in [0.2, 0.25) is 0 Å². The van der Waals surface area contributed by atoms with E-state index in [1.54, 1.807) is 6.08 Å². The van der Waals surface area contributed by atoms with Crippen LogP contribution in [0.4, 0.5) is 0 Å². The van der Waals surface area contributed by atoms with Gasteiger partial charge in [-0.2, -0.15) is 0 Å². The molecule has 6 nitrogen and oxygen atoms in total. The monoisotopic (exact) mass is 452 g/mol. The lowest BCUT2D eigenvalue weighted by Gasteiger charge is -2.40. The molecule has 2 heterocycles. The molecule has 2 aliphatic heterocycles. The predicted molar refractivity (Wildman–Crippen MR) is 123 cm³/mol. The molecule has 0 spiro atoms. The van der Waals surface area contributed by atoms with Crippen molar-refractivity contribution in [3.8, 4) is 0 Å². The highest BCUT2D eigenvalue weighted by molar-refractivity contribution is 5.81. The van der Waals surface area contributed by atoms with E-state index in [-0.39, 0.29) is 36.7 Å². The number of ether oxygens (including phenoxy) is 5. The topological polar surface area (TPSA) is 63.2 Å². The van der Waals surface area contributed by atoms with Crippen LogP contribution in [0.5, 0.6) is 0 Å². The van der Waals surface area contributed by atoms with E-state index < -0.39 is 6.29 Å². The van der Waals surface area contributed by atoms with Gasteiger partial charge in [-0.15, -0.1) is 0 Å². The van der Waals surface area contributed by atoms with Gasteiger partial charge in [-0.3, -0.25) is 0 Å². The molecule has 6 atom stereocenters. The van der Waals surface area contributed by atoms with Gasteiger partial charge in [0.25, 0.3) is 0 Å². The Kier molecular flexibility index (Phi) is 8.29. The van der Waals surface area contributed by atoms with Crippen molar-refractivity contribution >= 4 is 5.97 Å². The van der Waals surface area contributed by atoms with E-state index in [4.69, 9.17) is 18.9 Å². The van der Waals surface area contributed by atoms with Crippen LogP contribution in [0.1, 0.15) is 56.3 Å². The molecule has 4 rings (SSSR count). The number of rotatable bonds is 7. The Labute approximate surface area is 195 Å². The number of carbonyl (C=O) groups excluding carboxylic acids is 1. The van der Waals surface area contributed by atoms with Gasteiger partial charge in [0.1, 0.15) is 0 Å². The zero-order chi connectivity index (χ0) is 23.0. The molecule has 2 saturated heterocycles. The Balaban J connectivity index is 1.44. The lowest BCUT2D eigenvalue weighted by molar-refractivity contribution is -0.275. The molecule has 0 aromatic heterocycles. The fraction of sp³-hybridized carbons (Fsp3) is 0.444. The Hall–Kier alpha value is -2.51. The maximum Gasteiger partial charge on any atom is 0.330 e. The third-order valence-corrected chi connectivity index (χ3v) is 5.95. The highest BCUT2D eigenvalue weighted by Crippen LogP contribution is 2.36. The van der Waals surface area contributed by atoms with Gasteiger partial charge in [0, 0.05) is 30.0 Å². The average Bonchev–Trinajstić information content (AvgIpc) is 2.84. The zero-order valence-electron chi connectivity index (χ0n) is 19.2. The normalized spacial score (nSPS) is 30.2. The number of esters is 1. The smallest absolute Gasteiger partial charge is 0.330 e. The summed E-state index contributed by atoms with van der Waals surface area (Å²) in [5.74, 6) is -0.366. The van der Waals surface area contributed by atoms with Gasteiger partial charge in [-0.1, -0.05) is 66.7 Å². The van der Waals surface area contributed by atoms with Crippen LogP contribution in [0, 0.1) is 0 Å². The molecular weight excluding hydrogens is 420 g/mol. The van der Waals surface area contributed by atoms with E-state index in [1.165, 1.54) is 13.2 Å². The molecule has 0 saturated carbocycles. The summed E-state index contributed by atoms with van der Waals surface area (Å²) in [7, 11) is 1.37. The highest BCUT2D eigenvalue weighted by Gasteiger charge is 2.35. The maximum atomic E-state index is 11.4. The predicted octanol–water partition coefficient (Wildman–Crippen LogP) is 5.26. The second kappa shape index (κ2) is 11.6. The molecule has 0 unspecified atom stereocenters. The third-order valence-electron chi connectivity index (χ3n) is 5.95. The van der Waals surface area contributed by atoms with Gasteiger partial charge in [0.05, 0.1) is 31.5 Å². The molecule has 2 fully saturated rings. The molecule has 0 bridgehead atoms. The van der Waals surface area contributed by atoms with E-state index in [1.807, 2.05) is 60.7 Å². The van der Waals surface area contributed by atoms with E-state index >= 15 is 0 Å². The second-order valence-corrected chi connectivity index (χ2v) is 8.57. The van der Waals surface area contributed by atoms with E-state index in [9.17, 15) is 4.79 Å². The van der Waals surface area contributed by atoms with Crippen LogP contribution in [0.25, 0.3) is 0 Å². The summed E-state index contributed by atoms with van der Waals surface area (Å²) in [4.78, 5) is 11.4. The van der Waals surface area contributed by atoms with Crippen LogP contribution in [-0.4, -0.2) is 37.5 Å². The van der Waals surface area contributed by atoms with Crippen LogP contribution in [0.2, 0.25) is 0 Å². The molecule has 2 aromatic carbocycles. The van der Waals surface area contributed by atoms with E-state index in [0.29, 0.717) is 6.42 Å². The van der Waals surface area contributed by atoms with Crippen LogP contribution >= 0.6 is 0 Å². The van der Waals surface area contributed by atoms with Crippen LogP contribution in [0.15, 0.2) is 72.8 Å². The Bertz CT molecular complexity index is 899. The number of hydrogen-bond donors (Lipinski definition) is 0. The van der Waals surface area contributed by atoms with Crippen molar-refractivity contribution in [1.29, 1.82) is 0 Å². The molecule has 0 amide bonds. The SMILES string of the molecule is COC(=O)/C=C\C[C@@H]1C[C@H](C[C@@H]2C[C@H](C)O[C@H](c3ccccc3)O2)O[C@H](c2ccccc2)O1. The van der Waals surface area contributed by atoms with Gasteiger partial charge in [-0.05, 0) is 19.8 Å². The molecule has 2 aromatic rings. The summed E-state index contributed by atoms with van der Waals surface area (Å²) in [6.07, 6.45) is 5.32. The van der Waals surface area contributed by atoms with Gasteiger partial charge in [0.15, 0.2) is 12.6 Å². The largest absolute Gasteiger partial charge is 0.466 e. The van der Waals surface area contributed by atoms with Crippen molar-refractivity contribution < 1.29 is 28.5 Å². The number of methoxy groups -OCH3 is 1. The summed E-state index contributed by atoms with van der Waals surface area (Å²) in [5, 5.41) is 0. The average molecular weight is 453 g/mol. The lowest BCUT2D eigenvalue weighted by atomic mass is 9.97. The van der Waals surface area contributed by atoms with Gasteiger partial charge in [-0.25, -0.2) is 4.79 Å². The van der Waals surface area contributed by atoms with Gasteiger partial charge >= 0.3 is 5.97 Å². The van der Waals surface area contributed by atoms with Crippen LogP contribution in [0.3, 0.4) is 0 Å². The standard InChI is InChI=1S/C27H32O6/c1-19-16-23(32-26(30-19)20-10-5-3-6-11-20)18-24-17-22(14-9-15-25(28)29-2)31-27(33-24)21-12-7-4-8-13-21/h3-13,15,19,22-24,26-27H,14,16-18H2,1-2H3/b15-9-/t19-,22+,23-,24+,26-,27+/m0/s1. The van der Waals surface area contributed by atoms with Crippen molar-refractivity contribution in [3.05, 3.63) is 83.9 Å². The first kappa shape index (κ1) is 23.6. The molecule has 33 heavy (non-hydrogen) atoms. The summed E-state index contributed by atoms with van der Waals surface area (Å²) in [5.41, 5.74) is 2.00. The minimum Gasteiger partial charge on any atom is -0.466 e. The first-order chi connectivity index (χ1) is 16.1. The highest BCUT2D eigenvalue weighted by atomic mass is 16.7. The molecular formula is C27H32O6. The lowest BCUT2D eigenvalue weighted by Crippen LogP contribution is -2.39. The summed E-state index contributed by atoms with van der Waals surface area (Å²) in [6.45, 7) is 2.09. The number of hydrogen-bond acceptors (Lipinski definition) is 6. The minimum absolute atomic E-state index is 0.0183. The summed E-state index contributed by atoms with van der Waals surface area (Å²) in [6, 6.07) is 20.0. The van der Waals surface area contributed by atoms with E-state index in [0.717, 1.165) is 30.4 Å².